The zero-order chi connectivity index (χ0) is 32.6. The van der Waals surface area contributed by atoms with Gasteiger partial charge in [-0.3, -0.25) is 4.79 Å². The van der Waals surface area contributed by atoms with Gasteiger partial charge in [0.25, 0.3) is 0 Å². The van der Waals surface area contributed by atoms with Crippen LogP contribution in [0.4, 0.5) is 0 Å². The predicted molar refractivity (Wildman–Crippen MR) is 181 cm³/mol. The van der Waals surface area contributed by atoms with Crippen molar-refractivity contribution in [1.82, 2.24) is 0 Å². The number of hydrogen-bond acceptors (Lipinski definition) is 5. The van der Waals surface area contributed by atoms with Gasteiger partial charge in [0, 0.05) is 39.6 Å². The summed E-state index contributed by atoms with van der Waals surface area (Å²) in [5, 5.41) is 33.1. The molecule has 0 aromatic heterocycles. The minimum Gasteiger partial charge on any atom is -0.507 e. The Hall–Kier alpha value is -4.79. The van der Waals surface area contributed by atoms with Crippen LogP contribution in [0, 0.1) is 0 Å². The van der Waals surface area contributed by atoms with Gasteiger partial charge in [-0.2, -0.15) is 0 Å². The van der Waals surface area contributed by atoms with E-state index in [1.165, 1.54) is 30.3 Å². The van der Waals surface area contributed by atoms with E-state index in [-0.39, 0.29) is 59.3 Å². The predicted octanol–water partition coefficient (Wildman–Crippen LogP) is 10.3. The van der Waals surface area contributed by atoms with Crippen LogP contribution in [0.25, 0.3) is 66.1 Å². The third-order valence-electron chi connectivity index (χ3n) is 7.94. The van der Waals surface area contributed by atoms with Crippen molar-refractivity contribution in [1.29, 1.82) is 0 Å². The Morgan fingerprint density at radius 3 is 2.09 bits per heavy atom. The van der Waals surface area contributed by atoms with Crippen LogP contribution >= 0.6 is 46.4 Å². The molecule has 0 saturated heterocycles. The maximum Gasteiger partial charge on any atom is 0.337 e. The first-order valence-corrected chi connectivity index (χ1v) is 15.0. The molecule has 1 aliphatic heterocycles. The maximum absolute atomic E-state index is 12.7. The standard InChI is InChI=1S/C35H16Cl4O7/c36-30-28(29(35(44)45)31(37)33(39)32(30)38)27-20-10-8-16(40)12-23(20)46-24-13-22(41)25-19(5-2-6-21(25)26(24)27)18-4-1-3-14-11-15(34(42)43)7-9-17(14)18/h1-13,41H,(H,42,43)(H,44,45). The highest BCUT2D eigenvalue weighted by atomic mass is 35.5. The quantitative estimate of drug-likeness (QED) is 0.0727. The first-order chi connectivity index (χ1) is 22.0. The number of phenolic OH excluding ortho intramolecular Hbond substituents is 1. The van der Waals surface area contributed by atoms with Crippen LogP contribution in [0.3, 0.4) is 0 Å². The van der Waals surface area contributed by atoms with Crippen molar-refractivity contribution in [2.45, 2.75) is 0 Å². The van der Waals surface area contributed by atoms with Gasteiger partial charge in [0.15, 0.2) is 5.43 Å². The van der Waals surface area contributed by atoms with Crippen molar-refractivity contribution < 1.29 is 29.3 Å². The molecule has 226 valence electrons. The number of halogens is 4. The summed E-state index contributed by atoms with van der Waals surface area (Å²) in [6.07, 6.45) is 0. The summed E-state index contributed by atoms with van der Waals surface area (Å²) in [5.74, 6) is -2.55. The van der Waals surface area contributed by atoms with Crippen LogP contribution in [0.1, 0.15) is 20.7 Å². The number of carboxylic acids is 2. The molecule has 7 nitrogen and oxygen atoms in total. The summed E-state index contributed by atoms with van der Waals surface area (Å²) in [7, 11) is 0. The second-order valence-corrected chi connectivity index (χ2v) is 12.0. The van der Waals surface area contributed by atoms with E-state index in [1.807, 2.05) is 6.07 Å². The van der Waals surface area contributed by atoms with E-state index >= 15 is 0 Å². The van der Waals surface area contributed by atoms with Crippen molar-refractivity contribution in [2.24, 2.45) is 0 Å². The Labute approximate surface area is 278 Å². The average molecular weight is 690 g/mol. The van der Waals surface area contributed by atoms with Crippen LogP contribution < -0.4 is 5.43 Å². The van der Waals surface area contributed by atoms with Gasteiger partial charge in [0.1, 0.15) is 17.1 Å². The van der Waals surface area contributed by atoms with Crippen LogP contribution in [-0.4, -0.2) is 27.3 Å². The molecule has 2 aliphatic rings. The first kappa shape index (κ1) is 29.9. The lowest BCUT2D eigenvalue weighted by molar-refractivity contribution is 0.0686. The lowest BCUT2D eigenvalue weighted by Gasteiger charge is -2.21. The summed E-state index contributed by atoms with van der Waals surface area (Å²) >= 11 is 26.0. The average Bonchev–Trinajstić information content (AvgIpc) is 3.03. The molecule has 1 aliphatic carbocycles. The number of hydrogen-bond donors (Lipinski definition) is 3. The summed E-state index contributed by atoms with van der Waals surface area (Å²) in [6.45, 7) is 0. The molecule has 11 heteroatoms. The molecule has 0 fully saturated rings. The van der Waals surface area contributed by atoms with Gasteiger partial charge in [0.2, 0.25) is 0 Å². The van der Waals surface area contributed by atoms with Gasteiger partial charge >= 0.3 is 11.9 Å². The SMILES string of the molecule is O=C(O)c1ccc2c(-c3cccc4c3c(O)cc3oc5cc(=O)ccc-5c(-c5c(Cl)c(Cl)c(Cl)c(Cl)c5C(=O)O)c34)cccc2c1. The fourth-order valence-electron chi connectivity index (χ4n) is 6.03. The molecule has 5 aromatic rings. The highest BCUT2D eigenvalue weighted by Crippen LogP contribution is 2.53. The van der Waals surface area contributed by atoms with Crippen molar-refractivity contribution in [3.63, 3.8) is 0 Å². The van der Waals surface area contributed by atoms with Crippen molar-refractivity contribution in [2.75, 3.05) is 0 Å². The molecule has 5 aromatic carbocycles. The number of carboxylic acid groups (broad SMARTS) is 2. The second kappa shape index (κ2) is 10.9. The number of aromatic carboxylic acids is 2. The molecule has 0 radical (unpaired) electrons. The summed E-state index contributed by atoms with van der Waals surface area (Å²) in [6, 6.07) is 20.9. The van der Waals surface area contributed by atoms with Gasteiger partial charge in [-0.1, -0.05) is 88.9 Å². The second-order valence-electron chi connectivity index (χ2n) is 10.5. The van der Waals surface area contributed by atoms with Crippen molar-refractivity contribution in [3.8, 4) is 39.3 Å². The Morgan fingerprint density at radius 1 is 0.630 bits per heavy atom. The number of aromatic hydroxyl groups is 1. The van der Waals surface area contributed by atoms with E-state index in [0.29, 0.717) is 38.2 Å². The van der Waals surface area contributed by atoms with Gasteiger partial charge < -0.3 is 19.7 Å². The Bertz CT molecular complexity index is 2520. The fourth-order valence-corrected chi connectivity index (χ4v) is 7.05. The highest BCUT2D eigenvalue weighted by molar-refractivity contribution is 6.54. The number of rotatable bonds is 4. The smallest absolute Gasteiger partial charge is 0.337 e. The van der Waals surface area contributed by atoms with E-state index in [2.05, 4.69) is 0 Å². The summed E-state index contributed by atoms with van der Waals surface area (Å²) in [4.78, 5) is 36.7. The van der Waals surface area contributed by atoms with Gasteiger partial charge in [0.05, 0.1) is 31.2 Å². The first-order valence-electron chi connectivity index (χ1n) is 13.5. The normalized spacial score (nSPS) is 11.6. The summed E-state index contributed by atoms with van der Waals surface area (Å²) < 4.78 is 6.16. The number of phenols is 1. The lowest BCUT2D eigenvalue weighted by atomic mass is 9.86. The zero-order valence-electron chi connectivity index (χ0n) is 23.0. The molecule has 1 heterocycles. The van der Waals surface area contributed by atoms with E-state index in [1.54, 1.807) is 42.5 Å². The topological polar surface area (TPSA) is 125 Å². The molecule has 46 heavy (non-hydrogen) atoms. The Balaban J connectivity index is 1.70. The van der Waals surface area contributed by atoms with Crippen LogP contribution in [0.15, 0.2) is 88.1 Å². The number of carbonyl (C=O) groups is 2. The molecule has 3 N–H and O–H groups in total. The molecular formula is C35H16Cl4O7. The zero-order valence-corrected chi connectivity index (χ0v) is 26.0. The maximum atomic E-state index is 12.7. The molecule has 0 bridgehead atoms. The van der Waals surface area contributed by atoms with E-state index < -0.39 is 17.5 Å². The molecule has 7 rings (SSSR count). The fraction of sp³-hybridized carbons (Fsp3) is 0. The third-order valence-corrected chi connectivity index (χ3v) is 9.75. The van der Waals surface area contributed by atoms with Crippen LogP contribution in [0.2, 0.25) is 20.1 Å². The molecule has 0 spiro atoms. The van der Waals surface area contributed by atoms with Gasteiger partial charge in [-0.15, -0.1) is 0 Å². The van der Waals surface area contributed by atoms with E-state index in [4.69, 9.17) is 50.8 Å². The van der Waals surface area contributed by atoms with Gasteiger partial charge in [-0.05, 0) is 51.6 Å². The monoisotopic (exact) mass is 688 g/mol. The largest absolute Gasteiger partial charge is 0.507 e. The molecule has 0 amide bonds. The van der Waals surface area contributed by atoms with Crippen molar-refractivity contribution in [3.05, 3.63) is 120 Å². The Kier molecular flexibility index (Phi) is 7.10. The third kappa shape index (κ3) is 4.47. The minimum absolute atomic E-state index is 0.0539. The van der Waals surface area contributed by atoms with Gasteiger partial charge in [-0.25, -0.2) is 9.59 Å². The molecule has 0 saturated carbocycles. The Morgan fingerprint density at radius 2 is 1.35 bits per heavy atom. The highest BCUT2D eigenvalue weighted by Gasteiger charge is 2.31. The minimum atomic E-state index is -1.43. The lowest BCUT2D eigenvalue weighted by Crippen LogP contribution is -2.06. The van der Waals surface area contributed by atoms with Crippen LogP contribution in [-0.2, 0) is 0 Å². The summed E-state index contributed by atoms with van der Waals surface area (Å²) in [5.41, 5.74) is 1.28. The molecule has 0 atom stereocenters. The number of fused-ring (bicyclic) bond motifs is 5. The molecular weight excluding hydrogens is 674 g/mol. The van der Waals surface area contributed by atoms with Crippen molar-refractivity contribution >= 4 is 90.9 Å². The van der Waals surface area contributed by atoms with E-state index in [9.17, 15) is 29.7 Å². The van der Waals surface area contributed by atoms with E-state index in [0.717, 1.165) is 5.39 Å². The number of benzene rings is 6. The molecule has 0 unspecified atom stereocenters. The van der Waals surface area contributed by atoms with Crippen LogP contribution in [0.5, 0.6) is 5.75 Å².